The fourth-order valence-electron chi connectivity index (χ4n) is 1.20. The van der Waals surface area contributed by atoms with Gasteiger partial charge in [0.2, 0.25) is 0 Å². The molecule has 0 bridgehead atoms. The predicted molar refractivity (Wildman–Crippen MR) is 64.6 cm³/mol. The summed E-state index contributed by atoms with van der Waals surface area (Å²) in [7, 11) is 0. The maximum Gasteiger partial charge on any atom is 0.251 e. The number of rotatable bonds is 2. The van der Waals surface area contributed by atoms with Gasteiger partial charge in [0.1, 0.15) is 5.75 Å². The van der Waals surface area contributed by atoms with Gasteiger partial charge in [-0.25, -0.2) is 0 Å². The molecule has 0 unspecified atom stereocenters. The van der Waals surface area contributed by atoms with Crippen molar-refractivity contribution >= 4 is 5.91 Å². The molecule has 3 heteroatoms. The number of hydrogen-bond acceptors (Lipinski definition) is 2. The summed E-state index contributed by atoms with van der Waals surface area (Å²) in [5, 5.41) is 12.3. The van der Waals surface area contributed by atoms with Gasteiger partial charge in [-0.05, 0) is 30.0 Å². The van der Waals surface area contributed by atoms with Crippen LogP contribution in [0.15, 0.2) is 18.2 Å². The van der Waals surface area contributed by atoms with Crippen LogP contribution in [-0.4, -0.2) is 17.6 Å². The van der Waals surface area contributed by atoms with Crippen molar-refractivity contribution in [2.45, 2.75) is 27.7 Å². The molecule has 1 amide bonds. The van der Waals surface area contributed by atoms with E-state index >= 15 is 0 Å². The number of benzene rings is 1. The first-order valence-electron chi connectivity index (χ1n) is 5.37. The molecule has 0 saturated heterocycles. The highest BCUT2D eigenvalue weighted by Gasteiger charge is 2.13. The summed E-state index contributed by atoms with van der Waals surface area (Å²) in [6.45, 7) is 8.58. The number of amides is 1. The van der Waals surface area contributed by atoms with Crippen LogP contribution in [-0.2, 0) is 0 Å². The van der Waals surface area contributed by atoms with Gasteiger partial charge in [-0.2, -0.15) is 0 Å². The van der Waals surface area contributed by atoms with Crippen LogP contribution in [0, 0.1) is 12.3 Å². The number of carbonyl (C=O) groups is 1. The third-order valence-corrected chi connectivity index (χ3v) is 2.25. The van der Waals surface area contributed by atoms with E-state index in [4.69, 9.17) is 0 Å². The number of carbonyl (C=O) groups excluding carboxylic acids is 1. The van der Waals surface area contributed by atoms with E-state index in [2.05, 4.69) is 26.1 Å². The van der Waals surface area contributed by atoms with Gasteiger partial charge in [-0.1, -0.05) is 26.8 Å². The molecule has 88 valence electrons. The monoisotopic (exact) mass is 221 g/mol. The van der Waals surface area contributed by atoms with Crippen LogP contribution < -0.4 is 5.32 Å². The first-order valence-corrected chi connectivity index (χ1v) is 5.37. The zero-order valence-electron chi connectivity index (χ0n) is 10.3. The maximum absolute atomic E-state index is 11.7. The molecule has 1 aromatic rings. The first-order chi connectivity index (χ1) is 7.29. The quantitative estimate of drug-likeness (QED) is 0.806. The minimum Gasteiger partial charge on any atom is -0.508 e. The fraction of sp³-hybridized carbons (Fsp3) is 0.462. The van der Waals surface area contributed by atoms with Gasteiger partial charge in [-0.15, -0.1) is 0 Å². The molecule has 0 fully saturated rings. The van der Waals surface area contributed by atoms with Gasteiger partial charge in [0.25, 0.3) is 5.91 Å². The first kappa shape index (κ1) is 12.6. The molecule has 0 radical (unpaired) electrons. The van der Waals surface area contributed by atoms with E-state index < -0.39 is 0 Å². The fourth-order valence-corrected chi connectivity index (χ4v) is 1.20. The van der Waals surface area contributed by atoms with E-state index in [0.717, 1.165) is 5.56 Å². The SMILES string of the molecule is Cc1ccc(C(=O)NCC(C)(C)C)cc1O. The second kappa shape index (κ2) is 4.56. The van der Waals surface area contributed by atoms with Crippen LogP contribution in [0.4, 0.5) is 0 Å². The highest BCUT2D eigenvalue weighted by Crippen LogP contribution is 2.17. The average molecular weight is 221 g/mol. The van der Waals surface area contributed by atoms with Crippen LogP contribution in [0.3, 0.4) is 0 Å². The van der Waals surface area contributed by atoms with Crippen molar-refractivity contribution in [2.24, 2.45) is 5.41 Å². The molecule has 2 N–H and O–H groups in total. The summed E-state index contributed by atoms with van der Waals surface area (Å²) < 4.78 is 0. The van der Waals surface area contributed by atoms with E-state index in [1.807, 2.05) is 0 Å². The molecule has 0 atom stereocenters. The molecule has 0 heterocycles. The maximum atomic E-state index is 11.7. The average Bonchev–Trinajstić information content (AvgIpc) is 2.17. The van der Waals surface area contributed by atoms with Crippen molar-refractivity contribution < 1.29 is 9.90 Å². The Morgan fingerprint density at radius 1 is 1.38 bits per heavy atom. The Balaban J connectivity index is 2.70. The molecule has 16 heavy (non-hydrogen) atoms. The summed E-state index contributed by atoms with van der Waals surface area (Å²) in [6, 6.07) is 4.95. The third-order valence-electron chi connectivity index (χ3n) is 2.25. The lowest BCUT2D eigenvalue weighted by atomic mass is 9.97. The molecule has 1 aromatic carbocycles. The number of hydrogen-bond donors (Lipinski definition) is 2. The standard InChI is InChI=1S/C13H19NO2/c1-9-5-6-10(7-11(9)15)12(16)14-8-13(2,3)4/h5-7,15H,8H2,1-4H3,(H,14,16). The van der Waals surface area contributed by atoms with Gasteiger partial charge >= 0.3 is 0 Å². The van der Waals surface area contributed by atoms with Gasteiger partial charge in [0.15, 0.2) is 0 Å². The summed E-state index contributed by atoms with van der Waals surface area (Å²) >= 11 is 0. The second-order valence-corrected chi connectivity index (χ2v) is 5.24. The van der Waals surface area contributed by atoms with E-state index in [-0.39, 0.29) is 17.1 Å². The van der Waals surface area contributed by atoms with Crippen LogP contribution in [0.5, 0.6) is 5.75 Å². The zero-order chi connectivity index (χ0) is 12.3. The highest BCUT2D eigenvalue weighted by atomic mass is 16.3. The van der Waals surface area contributed by atoms with Crippen LogP contribution in [0.1, 0.15) is 36.7 Å². The van der Waals surface area contributed by atoms with Gasteiger partial charge in [0, 0.05) is 12.1 Å². The Hall–Kier alpha value is -1.51. The van der Waals surface area contributed by atoms with Crippen LogP contribution in [0.25, 0.3) is 0 Å². The van der Waals surface area contributed by atoms with E-state index in [9.17, 15) is 9.90 Å². The topological polar surface area (TPSA) is 49.3 Å². The van der Waals surface area contributed by atoms with Crippen molar-refractivity contribution in [1.29, 1.82) is 0 Å². The number of aromatic hydroxyl groups is 1. The molecule has 1 rings (SSSR count). The summed E-state index contributed by atoms with van der Waals surface area (Å²) in [5.41, 5.74) is 1.32. The molecular weight excluding hydrogens is 202 g/mol. The third kappa shape index (κ3) is 3.57. The number of nitrogens with one attached hydrogen (secondary N) is 1. The lowest BCUT2D eigenvalue weighted by Crippen LogP contribution is -2.32. The molecule has 0 spiro atoms. The molecule has 0 aliphatic rings. The molecule has 0 aliphatic heterocycles. The van der Waals surface area contributed by atoms with Crippen molar-refractivity contribution in [3.05, 3.63) is 29.3 Å². The van der Waals surface area contributed by atoms with E-state index in [1.54, 1.807) is 19.1 Å². The molecule has 3 nitrogen and oxygen atoms in total. The Kier molecular flexibility index (Phi) is 3.58. The number of phenols is 1. The van der Waals surface area contributed by atoms with E-state index in [1.165, 1.54) is 6.07 Å². The van der Waals surface area contributed by atoms with Gasteiger partial charge in [0.05, 0.1) is 0 Å². The molecule has 0 saturated carbocycles. The summed E-state index contributed by atoms with van der Waals surface area (Å²) in [4.78, 5) is 11.7. The van der Waals surface area contributed by atoms with Crippen molar-refractivity contribution in [3.63, 3.8) is 0 Å². The Bertz CT molecular complexity index is 391. The number of phenolic OH excluding ortho intramolecular Hbond substituents is 1. The van der Waals surface area contributed by atoms with Gasteiger partial charge < -0.3 is 10.4 Å². The normalized spacial score (nSPS) is 11.2. The van der Waals surface area contributed by atoms with Crippen LogP contribution >= 0.6 is 0 Å². The minimum absolute atomic E-state index is 0.0579. The Morgan fingerprint density at radius 3 is 2.50 bits per heavy atom. The summed E-state index contributed by atoms with van der Waals surface area (Å²) in [6.07, 6.45) is 0. The zero-order valence-corrected chi connectivity index (χ0v) is 10.3. The lowest BCUT2D eigenvalue weighted by molar-refractivity contribution is 0.0939. The van der Waals surface area contributed by atoms with Gasteiger partial charge in [-0.3, -0.25) is 4.79 Å². The van der Waals surface area contributed by atoms with Crippen molar-refractivity contribution in [1.82, 2.24) is 5.32 Å². The Morgan fingerprint density at radius 2 is 2.00 bits per heavy atom. The molecular formula is C13H19NO2. The minimum atomic E-state index is -0.148. The second-order valence-electron chi connectivity index (χ2n) is 5.24. The lowest BCUT2D eigenvalue weighted by Gasteiger charge is -2.18. The van der Waals surface area contributed by atoms with Crippen LogP contribution in [0.2, 0.25) is 0 Å². The largest absolute Gasteiger partial charge is 0.508 e. The number of aryl methyl sites for hydroxylation is 1. The Labute approximate surface area is 96.5 Å². The molecule has 0 aliphatic carbocycles. The van der Waals surface area contributed by atoms with E-state index in [0.29, 0.717) is 12.1 Å². The van der Waals surface area contributed by atoms with Crippen molar-refractivity contribution in [2.75, 3.05) is 6.54 Å². The summed E-state index contributed by atoms with van der Waals surface area (Å²) in [5.74, 6) is 0.00799. The predicted octanol–water partition coefficient (Wildman–Crippen LogP) is 2.48. The molecule has 0 aromatic heterocycles. The highest BCUT2D eigenvalue weighted by molar-refractivity contribution is 5.94. The smallest absolute Gasteiger partial charge is 0.251 e. The van der Waals surface area contributed by atoms with Crippen molar-refractivity contribution in [3.8, 4) is 5.75 Å².